The lowest BCUT2D eigenvalue weighted by atomic mass is 9.99. The zero-order chi connectivity index (χ0) is 15.0. The third-order valence-electron chi connectivity index (χ3n) is 4.09. The second-order valence-electron chi connectivity index (χ2n) is 6.10. The van der Waals surface area contributed by atoms with Crippen LogP contribution in [0.2, 0.25) is 0 Å². The van der Waals surface area contributed by atoms with Crippen molar-refractivity contribution in [3.63, 3.8) is 0 Å². The van der Waals surface area contributed by atoms with Gasteiger partial charge in [-0.05, 0) is 44.0 Å². The van der Waals surface area contributed by atoms with Gasteiger partial charge in [0.15, 0.2) is 0 Å². The first-order valence-electron chi connectivity index (χ1n) is 7.51. The number of nitrogens with zero attached hydrogens (tertiary/aromatic N) is 1. The highest BCUT2D eigenvalue weighted by Gasteiger charge is 2.26. The smallest absolute Gasteiger partial charge is 0.253 e. The average molecular weight is 287 g/mol. The summed E-state index contributed by atoms with van der Waals surface area (Å²) in [4.78, 5) is 25.9. The van der Waals surface area contributed by atoms with E-state index in [1.165, 1.54) is 0 Å². The van der Waals surface area contributed by atoms with Gasteiger partial charge in [0, 0.05) is 42.8 Å². The summed E-state index contributed by atoms with van der Waals surface area (Å²) in [7, 11) is 0. The van der Waals surface area contributed by atoms with Crippen LogP contribution in [0.25, 0.3) is 0 Å². The number of aryl methyl sites for hydroxylation is 1. The lowest BCUT2D eigenvalue weighted by Crippen LogP contribution is -2.55. The van der Waals surface area contributed by atoms with E-state index in [-0.39, 0.29) is 11.8 Å². The first-order valence-corrected chi connectivity index (χ1v) is 7.51. The van der Waals surface area contributed by atoms with Crippen LogP contribution in [-0.2, 0) is 11.2 Å². The molecule has 2 unspecified atom stereocenters. The summed E-state index contributed by atoms with van der Waals surface area (Å²) in [6, 6.07) is 6.21. The van der Waals surface area contributed by atoms with Gasteiger partial charge in [0.05, 0.1) is 0 Å². The van der Waals surface area contributed by atoms with E-state index >= 15 is 0 Å². The summed E-state index contributed by atoms with van der Waals surface area (Å²) in [5.41, 5.74) is 2.60. The van der Waals surface area contributed by atoms with Crippen LogP contribution in [0, 0.1) is 0 Å². The molecular weight excluding hydrogens is 266 g/mol. The lowest BCUT2D eigenvalue weighted by molar-refractivity contribution is -0.116. The van der Waals surface area contributed by atoms with Gasteiger partial charge >= 0.3 is 0 Å². The molecule has 5 nitrogen and oxygen atoms in total. The van der Waals surface area contributed by atoms with Gasteiger partial charge in [-0.2, -0.15) is 0 Å². The SMILES string of the molecule is CC1CN(C(=O)c2ccc3c(c2)CCC(=O)N3)CC(C)N1. The Balaban J connectivity index is 1.80. The molecule has 1 aromatic rings. The van der Waals surface area contributed by atoms with Crippen molar-refractivity contribution in [2.75, 3.05) is 18.4 Å². The maximum atomic E-state index is 12.7. The molecule has 0 spiro atoms. The molecule has 2 amide bonds. The number of piperazine rings is 1. The van der Waals surface area contributed by atoms with E-state index in [1.807, 2.05) is 23.1 Å². The number of carbonyl (C=O) groups is 2. The van der Waals surface area contributed by atoms with Gasteiger partial charge in [0.25, 0.3) is 5.91 Å². The third kappa shape index (κ3) is 2.93. The summed E-state index contributed by atoms with van der Waals surface area (Å²) in [5, 5.41) is 6.27. The Morgan fingerprint density at radius 2 is 1.90 bits per heavy atom. The van der Waals surface area contributed by atoms with Crippen LogP contribution in [0.5, 0.6) is 0 Å². The van der Waals surface area contributed by atoms with Crippen molar-refractivity contribution in [1.29, 1.82) is 0 Å². The molecule has 1 fully saturated rings. The number of hydrogen-bond acceptors (Lipinski definition) is 3. The van der Waals surface area contributed by atoms with Crippen LogP contribution in [0.3, 0.4) is 0 Å². The second kappa shape index (κ2) is 5.48. The van der Waals surface area contributed by atoms with E-state index in [2.05, 4.69) is 24.5 Å². The van der Waals surface area contributed by atoms with E-state index < -0.39 is 0 Å². The monoisotopic (exact) mass is 287 g/mol. The molecule has 2 heterocycles. The predicted molar refractivity (Wildman–Crippen MR) is 81.4 cm³/mol. The molecule has 0 aromatic heterocycles. The van der Waals surface area contributed by atoms with Crippen molar-refractivity contribution in [1.82, 2.24) is 10.2 Å². The Bertz CT molecular complexity index is 575. The van der Waals surface area contributed by atoms with Crippen molar-refractivity contribution in [2.24, 2.45) is 0 Å². The molecule has 21 heavy (non-hydrogen) atoms. The number of benzene rings is 1. The number of rotatable bonds is 1. The summed E-state index contributed by atoms with van der Waals surface area (Å²) in [6.45, 7) is 5.66. The molecule has 0 saturated carbocycles. The molecule has 2 atom stereocenters. The molecule has 0 radical (unpaired) electrons. The zero-order valence-corrected chi connectivity index (χ0v) is 12.5. The van der Waals surface area contributed by atoms with Gasteiger partial charge in [-0.15, -0.1) is 0 Å². The Labute approximate surface area is 124 Å². The van der Waals surface area contributed by atoms with Crippen LogP contribution in [0.1, 0.15) is 36.2 Å². The Kier molecular flexibility index (Phi) is 3.68. The minimum Gasteiger partial charge on any atom is -0.336 e. The minimum absolute atomic E-state index is 0.0475. The molecule has 0 bridgehead atoms. The first kappa shape index (κ1) is 14.1. The topological polar surface area (TPSA) is 61.4 Å². The van der Waals surface area contributed by atoms with Crippen molar-refractivity contribution >= 4 is 17.5 Å². The van der Waals surface area contributed by atoms with Gasteiger partial charge < -0.3 is 15.5 Å². The Morgan fingerprint density at radius 1 is 1.19 bits per heavy atom. The number of anilines is 1. The van der Waals surface area contributed by atoms with Crippen molar-refractivity contribution < 1.29 is 9.59 Å². The van der Waals surface area contributed by atoms with Gasteiger partial charge in [-0.1, -0.05) is 0 Å². The highest BCUT2D eigenvalue weighted by Crippen LogP contribution is 2.24. The fraction of sp³-hybridized carbons (Fsp3) is 0.500. The molecule has 2 aliphatic rings. The van der Waals surface area contributed by atoms with E-state index in [4.69, 9.17) is 0 Å². The normalized spacial score (nSPS) is 25.2. The molecule has 1 saturated heterocycles. The minimum atomic E-state index is 0.0475. The lowest BCUT2D eigenvalue weighted by Gasteiger charge is -2.36. The molecule has 2 aliphatic heterocycles. The fourth-order valence-electron chi connectivity index (χ4n) is 3.19. The largest absolute Gasteiger partial charge is 0.336 e. The summed E-state index contributed by atoms with van der Waals surface area (Å²) < 4.78 is 0. The summed E-state index contributed by atoms with van der Waals surface area (Å²) >= 11 is 0. The Morgan fingerprint density at radius 3 is 2.62 bits per heavy atom. The highest BCUT2D eigenvalue weighted by molar-refractivity contribution is 5.98. The van der Waals surface area contributed by atoms with E-state index in [9.17, 15) is 9.59 Å². The molecule has 112 valence electrons. The Hall–Kier alpha value is -1.88. The number of carbonyl (C=O) groups excluding carboxylic acids is 2. The first-order chi connectivity index (χ1) is 10.0. The van der Waals surface area contributed by atoms with Crippen molar-refractivity contribution in [3.8, 4) is 0 Å². The summed E-state index contributed by atoms with van der Waals surface area (Å²) in [5.74, 6) is 0.126. The van der Waals surface area contributed by atoms with Crippen molar-refractivity contribution in [3.05, 3.63) is 29.3 Å². The molecule has 0 aliphatic carbocycles. The maximum Gasteiger partial charge on any atom is 0.253 e. The van der Waals surface area contributed by atoms with E-state index in [0.717, 1.165) is 24.3 Å². The van der Waals surface area contributed by atoms with Gasteiger partial charge in [-0.25, -0.2) is 0 Å². The van der Waals surface area contributed by atoms with Gasteiger partial charge in [0.1, 0.15) is 0 Å². The van der Waals surface area contributed by atoms with E-state index in [0.29, 0.717) is 30.5 Å². The fourth-order valence-corrected chi connectivity index (χ4v) is 3.19. The molecule has 1 aromatic carbocycles. The second-order valence-corrected chi connectivity index (χ2v) is 6.10. The van der Waals surface area contributed by atoms with Gasteiger partial charge in [-0.3, -0.25) is 9.59 Å². The third-order valence-corrected chi connectivity index (χ3v) is 4.09. The van der Waals surface area contributed by atoms with Crippen LogP contribution in [-0.4, -0.2) is 41.9 Å². The number of amides is 2. The van der Waals surface area contributed by atoms with Crippen LogP contribution < -0.4 is 10.6 Å². The molecular formula is C16H21N3O2. The average Bonchev–Trinajstić information content (AvgIpc) is 2.45. The van der Waals surface area contributed by atoms with E-state index in [1.54, 1.807) is 0 Å². The van der Waals surface area contributed by atoms with Crippen LogP contribution >= 0.6 is 0 Å². The number of fused-ring (bicyclic) bond motifs is 1. The number of hydrogen-bond donors (Lipinski definition) is 2. The number of nitrogens with one attached hydrogen (secondary N) is 2. The maximum absolute atomic E-state index is 12.7. The highest BCUT2D eigenvalue weighted by atomic mass is 16.2. The van der Waals surface area contributed by atoms with Gasteiger partial charge in [0.2, 0.25) is 5.91 Å². The summed E-state index contributed by atoms with van der Waals surface area (Å²) in [6.07, 6.45) is 1.20. The molecule has 5 heteroatoms. The quantitative estimate of drug-likeness (QED) is 0.820. The van der Waals surface area contributed by atoms with Crippen molar-refractivity contribution in [2.45, 2.75) is 38.8 Å². The predicted octanol–water partition coefficient (Wildman–Crippen LogP) is 1.39. The molecule has 2 N–H and O–H groups in total. The molecule has 3 rings (SSSR count). The van der Waals surface area contributed by atoms with Crippen LogP contribution in [0.4, 0.5) is 5.69 Å². The standard InChI is InChI=1S/C16H21N3O2/c1-10-8-19(9-11(2)17-10)16(21)13-3-5-14-12(7-13)4-6-15(20)18-14/h3,5,7,10-11,17H,4,6,8-9H2,1-2H3,(H,18,20). The zero-order valence-electron chi connectivity index (χ0n) is 12.5. The van der Waals surface area contributed by atoms with Crippen LogP contribution in [0.15, 0.2) is 18.2 Å².